The number of nitrogens with one attached hydrogen (secondary N) is 1. The predicted octanol–water partition coefficient (Wildman–Crippen LogP) is 1.89. The fourth-order valence-corrected chi connectivity index (χ4v) is 3.88. The molecule has 0 aromatic heterocycles. The summed E-state index contributed by atoms with van der Waals surface area (Å²) in [6.07, 6.45) is 0.546. The van der Waals surface area contributed by atoms with E-state index in [0.29, 0.717) is 22.0 Å². The summed E-state index contributed by atoms with van der Waals surface area (Å²) in [5.74, 6) is 0. The van der Waals surface area contributed by atoms with Crippen LogP contribution in [0, 0.1) is 0 Å². The van der Waals surface area contributed by atoms with Gasteiger partial charge in [-0.15, -0.1) is 0 Å². The first-order chi connectivity index (χ1) is 8.97. The molecule has 0 fully saturated rings. The van der Waals surface area contributed by atoms with E-state index in [9.17, 15) is 8.42 Å². The van der Waals surface area contributed by atoms with E-state index < -0.39 is 10.0 Å². The van der Waals surface area contributed by atoms with Gasteiger partial charge < -0.3 is 9.84 Å². The SMILES string of the molecule is O=S(=O)(NCCCOCCO)c1cc(Br)ccc1Br. The van der Waals surface area contributed by atoms with Crippen molar-refractivity contribution < 1.29 is 18.3 Å². The van der Waals surface area contributed by atoms with Crippen molar-refractivity contribution in [1.29, 1.82) is 0 Å². The summed E-state index contributed by atoms with van der Waals surface area (Å²) < 4.78 is 32.9. The quantitative estimate of drug-likeness (QED) is 0.634. The third-order valence-corrected chi connectivity index (χ3v) is 5.12. The van der Waals surface area contributed by atoms with Crippen LogP contribution in [0.1, 0.15) is 6.42 Å². The van der Waals surface area contributed by atoms with Gasteiger partial charge in [0.25, 0.3) is 0 Å². The average molecular weight is 417 g/mol. The van der Waals surface area contributed by atoms with Crippen LogP contribution >= 0.6 is 31.9 Å². The van der Waals surface area contributed by atoms with E-state index >= 15 is 0 Å². The van der Waals surface area contributed by atoms with Crippen LogP contribution < -0.4 is 4.72 Å². The van der Waals surface area contributed by atoms with Gasteiger partial charge in [0, 0.05) is 22.1 Å². The molecule has 0 unspecified atom stereocenters. The average Bonchev–Trinajstić information content (AvgIpc) is 2.36. The zero-order chi connectivity index (χ0) is 14.3. The molecule has 2 N–H and O–H groups in total. The molecule has 1 rings (SSSR count). The maximum absolute atomic E-state index is 12.1. The maximum atomic E-state index is 12.1. The minimum absolute atomic E-state index is 0.0310. The Hall–Kier alpha value is 0.01000. The van der Waals surface area contributed by atoms with Crippen LogP contribution in [0.25, 0.3) is 0 Å². The molecule has 0 radical (unpaired) electrons. The van der Waals surface area contributed by atoms with Crippen LogP contribution in [-0.4, -0.2) is 39.9 Å². The number of aliphatic hydroxyl groups excluding tert-OH is 1. The summed E-state index contributed by atoms with van der Waals surface area (Å²) in [5.41, 5.74) is 0. The maximum Gasteiger partial charge on any atom is 0.241 e. The fraction of sp³-hybridized carbons (Fsp3) is 0.455. The molecule has 0 saturated carbocycles. The van der Waals surface area contributed by atoms with Crippen molar-refractivity contribution >= 4 is 41.9 Å². The standard InChI is InChI=1S/C11H15Br2NO4S/c12-9-2-3-10(13)11(8-9)19(16,17)14-4-1-6-18-7-5-15/h2-3,8,14-15H,1,4-7H2. The molecule has 8 heteroatoms. The van der Waals surface area contributed by atoms with Gasteiger partial charge in [-0.1, -0.05) is 15.9 Å². The Bertz CT molecular complexity index is 507. The smallest absolute Gasteiger partial charge is 0.241 e. The van der Waals surface area contributed by atoms with Crippen LogP contribution in [-0.2, 0) is 14.8 Å². The van der Waals surface area contributed by atoms with Crippen molar-refractivity contribution in [2.75, 3.05) is 26.4 Å². The first-order valence-electron chi connectivity index (χ1n) is 5.60. The van der Waals surface area contributed by atoms with Crippen molar-refractivity contribution in [1.82, 2.24) is 4.72 Å². The Balaban J connectivity index is 2.54. The number of hydrogen-bond donors (Lipinski definition) is 2. The predicted molar refractivity (Wildman–Crippen MR) is 79.6 cm³/mol. The van der Waals surface area contributed by atoms with Gasteiger partial charge in [0.2, 0.25) is 10.0 Å². The fourth-order valence-electron chi connectivity index (χ4n) is 1.31. The van der Waals surface area contributed by atoms with Gasteiger partial charge in [0.05, 0.1) is 18.1 Å². The lowest BCUT2D eigenvalue weighted by Gasteiger charge is -2.09. The van der Waals surface area contributed by atoms with E-state index in [0.717, 1.165) is 0 Å². The van der Waals surface area contributed by atoms with Crippen molar-refractivity contribution in [2.24, 2.45) is 0 Å². The van der Waals surface area contributed by atoms with Crippen LogP contribution in [0.2, 0.25) is 0 Å². The lowest BCUT2D eigenvalue weighted by Crippen LogP contribution is -2.26. The third kappa shape index (κ3) is 5.88. The monoisotopic (exact) mass is 415 g/mol. The van der Waals surface area contributed by atoms with Crippen LogP contribution in [0.3, 0.4) is 0 Å². The number of halogens is 2. The summed E-state index contributed by atoms with van der Waals surface area (Å²) in [6, 6.07) is 4.96. The number of ether oxygens (including phenoxy) is 1. The molecule has 0 aliphatic carbocycles. The molecule has 1 aromatic carbocycles. The second kappa shape index (κ2) is 8.33. The van der Waals surface area contributed by atoms with Crippen molar-refractivity contribution in [3.05, 3.63) is 27.1 Å². The number of aliphatic hydroxyl groups is 1. The van der Waals surface area contributed by atoms with Crippen molar-refractivity contribution in [3.63, 3.8) is 0 Å². The highest BCUT2D eigenvalue weighted by molar-refractivity contribution is 9.11. The highest BCUT2D eigenvalue weighted by Gasteiger charge is 2.17. The van der Waals surface area contributed by atoms with Gasteiger partial charge in [-0.2, -0.15) is 0 Å². The highest BCUT2D eigenvalue weighted by Crippen LogP contribution is 2.25. The molecule has 0 heterocycles. The lowest BCUT2D eigenvalue weighted by molar-refractivity contribution is 0.0913. The first-order valence-corrected chi connectivity index (χ1v) is 8.67. The molecule has 0 saturated heterocycles. The second-order valence-corrected chi connectivity index (χ2v) is 7.17. The normalized spacial score (nSPS) is 11.7. The minimum Gasteiger partial charge on any atom is -0.394 e. The Morgan fingerprint density at radius 1 is 1.26 bits per heavy atom. The third-order valence-electron chi connectivity index (χ3n) is 2.18. The number of benzene rings is 1. The Morgan fingerprint density at radius 3 is 2.68 bits per heavy atom. The van der Waals surface area contributed by atoms with Crippen LogP contribution in [0.4, 0.5) is 0 Å². The topological polar surface area (TPSA) is 75.6 Å². The summed E-state index contributed by atoms with van der Waals surface area (Å²) in [5, 5.41) is 8.51. The van der Waals surface area contributed by atoms with Gasteiger partial charge in [-0.25, -0.2) is 13.1 Å². The molecular formula is C11H15Br2NO4S. The molecule has 0 amide bonds. The zero-order valence-electron chi connectivity index (χ0n) is 10.1. The molecule has 0 spiro atoms. The van der Waals surface area contributed by atoms with E-state index in [1.807, 2.05) is 0 Å². The Morgan fingerprint density at radius 2 is 2.00 bits per heavy atom. The summed E-state index contributed by atoms with van der Waals surface area (Å²) >= 11 is 6.46. The molecule has 0 atom stereocenters. The Kier molecular flexibility index (Phi) is 7.48. The molecule has 108 valence electrons. The number of hydrogen-bond acceptors (Lipinski definition) is 4. The van der Waals surface area contributed by atoms with Gasteiger partial charge >= 0.3 is 0 Å². The summed E-state index contributed by atoms with van der Waals surface area (Å²) in [7, 11) is -3.54. The van der Waals surface area contributed by atoms with E-state index in [1.54, 1.807) is 12.1 Å². The van der Waals surface area contributed by atoms with Crippen LogP contribution in [0.5, 0.6) is 0 Å². The molecular weight excluding hydrogens is 402 g/mol. The second-order valence-electron chi connectivity index (χ2n) is 3.66. The number of rotatable bonds is 8. The van der Waals surface area contributed by atoms with E-state index in [1.165, 1.54) is 6.07 Å². The van der Waals surface area contributed by atoms with Crippen molar-refractivity contribution in [3.8, 4) is 0 Å². The van der Waals surface area contributed by atoms with E-state index in [2.05, 4.69) is 36.6 Å². The van der Waals surface area contributed by atoms with Gasteiger partial charge in [0.1, 0.15) is 0 Å². The molecule has 0 bridgehead atoms. The molecule has 0 aliphatic rings. The first kappa shape index (κ1) is 17.1. The molecule has 5 nitrogen and oxygen atoms in total. The largest absolute Gasteiger partial charge is 0.394 e. The molecule has 19 heavy (non-hydrogen) atoms. The molecule has 1 aromatic rings. The zero-order valence-corrected chi connectivity index (χ0v) is 14.1. The highest BCUT2D eigenvalue weighted by atomic mass is 79.9. The molecule has 0 aliphatic heterocycles. The van der Waals surface area contributed by atoms with Gasteiger partial charge in [0.15, 0.2) is 0 Å². The van der Waals surface area contributed by atoms with E-state index in [-0.39, 0.29) is 24.7 Å². The summed E-state index contributed by atoms with van der Waals surface area (Å²) in [4.78, 5) is 0.193. The van der Waals surface area contributed by atoms with Gasteiger partial charge in [-0.05, 0) is 40.5 Å². The lowest BCUT2D eigenvalue weighted by atomic mass is 10.4. The Labute approximate surface area is 129 Å². The minimum atomic E-state index is -3.54. The van der Waals surface area contributed by atoms with Crippen molar-refractivity contribution in [2.45, 2.75) is 11.3 Å². The number of sulfonamides is 1. The van der Waals surface area contributed by atoms with Gasteiger partial charge in [-0.3, -0.25) is 0 Å². The van der Waals surface area contributed by atoms with Crippen LogP contribution in [0.15, 0.2) is 32.0 Å². The van der Waals surface area contributed by atoms with E-state index in [4.69, 9.17) is 9.84 Å². The summed E-state index contributed by atoms with van der Waals surface area (Å²) in [6.45, 7) is 0.927.